The van der Waals surface area contributed by atoms with Gasteiger partial charge in [-0.1, -0.05) is 23.7 Å². The standard InChI is InChI=1S/C22H19ClN4O2S/c23-17-4-5-18-16(10-17)11-19(25-18)21(28)26-20(22(29)27-6-7-30-13-27)9-14-2-1-3-15(8-14)12-24/h1-5,8,10-11,20,25H,6-7,9,13H2,(H,26,28). The van der Waals surface area contributed by atoms with E-state index in [1.807, 2.05) is 12.1 Å². The van der Waals surface area contributed by atoms with Crippen LogP contribution >= 0.6 is 23.4 Å². The number of fused-ring (bicyclic) bond motifs is 1. The van der Waals surface area contributed by atoms with Gasteiger partial charge >= 0.3 is 0 Å². The highest BCUT2D eigenvalue weighted by Gasteiger charge is 2.29. The smallest absolute Gasteiger partial charge is 0.268 e. The molecule has 8 heteroatoms. The first-order valence-corrected chi connectivity index (χ1v) is 11.0. The summed E-state index contributed by atoms with van der Waals surface area (Å²) in [6.45, 7) is 0.666. The van der Waals surface area contributed by atoms with E-state index in [0.29, 0.717) is 35.1 Å². The number of aromatic nitrogens is 1. The molecule has 2 N–H and O–H groups in total. The summed E-state index contributed by atoms with van der Waals surface area (Å²) in [6, 6.07) is 15.6. The van der Waals surface area contributed by atoms with Crippen LogP contribution in [0, 0.1) is 11.3 Å². The minimum atomic E-state index is -0.722. The zero-order valence-corrected chi connectivity index (χ0v) is 17.6. The minimum Gasteiger partial charge on any atom is -0.351 e. The number of H-pyrrole nitrogens is 1. The highest BCUT2D eigenvalue weighted by Crippen LogP contribution is 2.21. The molecule has 2 aromatic carbocycles. The van der Waals surface area contributed by atoms with Crippen molar-refractivity contribution in [2.75, 3.05) is 18.2 Å². The number of nitriles is 1. The molecule has 1 aromatic heterocycles. The number of carbonyl (C=O) groups excluding carboxylic acids is 2. The Balaban J connectivity index is 1.58. The molecule has 1 aliphatic rings. The Kier molecular flexibility index (Phi) is 5.98. The van der Waals surface area contributed by atoms with Crippen LogP contribution in [0.4, 0.5) is 0 Å². The van der Waals surface area contributed by atoms with E-state index in [1.165, 1.54) is 0 Å². The fraction of sp³-hybridized carbons (Fsp3) is 0.227. The molecule has 1 atom stereocenters. The van der Waals surface area contributed by atoms with Crippen LogP contribution in [0.2, 0.25) is 5.02 Å². The maximum absolute atomic E-state index is 13.1. The summed E-state index contributed by atoms with van der Waals surface area (Å²) in [6.07, 6.45) is 0.313. The van der Waals surface area contributed by atoms with Gasteiger partial charge in [0.15, 0.2) is 0 Å². The monoisotopic (exact) mass is 438 g/mol. The molecule has 3 aromatic rings. The molecule has 0 radical (unpaired) electrons. The van der Waals surface area contributed by atoms with Gasteiger partial charge in [-0.3, -0.25) is 9.59 Å². The molecule has 4 rings (SSSR count). The van der Waals surface area contributed by atoms with Crippen LogP contribution in [0.25, 0.3) is 10.9 Å². The molecule has 2 heterocycles. The number of benzene rings is 2. The van der Waals surface area contributed by atoms with Crippen LogP contribution in [0.5, 0.6) is 0 Å². The van der Waals surface area contributed by atoms with Crippen LogP contribution in [-0.4, -0.2) is 45.9 Å². The first kappa shape index (κ1) is 20.3. The van der Waals surface area contributed by atoms with E-state index in [-0.39, 0.29) is 11.8 Å². The first-order chi connectivity index (χ1) is 14.5. The van der Waals surface area contributed by atoms with Gasteiger partial charge < -0.3 is 15.2 Å². The summed E-state index contributed by atoms with van der Waals surface area (Å²) in [5.41, 5.74) is 2.51. The molecule has 1 unspecified atom stereocenters. The number of halogens is 1. The maximum Gasteiger partial charge on any atom is 0.268 e. The van der Waals surface area contributed by atoms with Crippen molar-refractivity contribution >= 4 is 46.1 Å². The summed E-state index contributed by atoms with van der Waals surface area (Å²) in [7, 11) is 0. The summed E-state index contributed by atoms with van der Waals surface area (Å²) in [4.78, 5) is 30.9. The van der Waals surface area contributed by atoms with Crippen molar-refractivity contribution in [2.45, 2.75) is 12.5 Å². The predicted octanol–water partition coefficient (Wildman–Crippen LogP) is 3.57. The van der Waals surface area contributed by atoms with Crippen molar-refractivity contribution in [1.29, 1.82) is 5.26 Å². The summed E-state index contributed by atoms with van der Waals surface area (Å²) >= 11 is 7.72. The van der Waals surface area contributed by atoms with Gasteiger partial charge in [0, 0.05) is 34.6 Å². The number of amides is 2. The molecule has 1 aliphatic heterocycles. The van der Waals surface area contributed by atoms with Crippen LogP contribution in [0.15, 0.2) is 48.5 Å². The highest BCUT2D eigenvalue weighted by atomic mass is 35.5. The van der Waals surface area contributed by atoms with Gasteiger partial charge in [-0.2, -0.15) is 5.26 Å². The third kappa shape index (κ3) is 4.45. The minimum absolute atomic E-state index is 0.116. The molecule has 152 valence electrons. The van der Waals surface area contributed by atoms with Crippen LogP contribution in [0.3, 0.4) is 0 Å². The van der Waals surface area contributed by atoms with Crippen molar-refractivity contribution in [1.82, 2.24) is 15.2 Å². The molecule has 30 heavy (non-hydrogen) atoms. The molecule has 2 amide bonds. The Morgan fingerprint density at radius 2 is 2.13 bits per heavy atom. The van der Waals surface area contributed by atoms with Crippen molar-refractivity contribution in [2.24, 2.45) is 0 Å². The van der Waals surface area contributed by atoms with Crippen LogP contribution in [-0.2, 0) is 11.2 Å². The van der Waals surface area contributed by atoms with Crippen molar-refractivity contribution in [3.63, 3.8) is 0 Å². The molecule has 6 nitrogen and oxygen atoms in total. The van der Waals surface area contributed by atoms with Gasteiger partial charge in [-0.05, 0) is 42.0 Å². The Morgan fingerprint density at radius 1 is 1.27 bits per heavy atom. The fourth-order valence-electron chi connectivity index (χ4n) is 3.47. The molecule has 1 fully saturated rings. The van der Waals surface area contributed by atoms with Crippen molar-refractivity contribution in [3.8, 4) is 6.07 Å². The number of nitrogens with one attached hydrogen (secondary N) is 2. The van der Waals surface area contributed by atoms with E-state index in [9.17, 15) is 9.59 Å². The third-order valence-electron chi connectivity index (χ3n) is 4.99. The third-order valence-corrected chi connectivity index (χ3v) is 6.19. The predicted molar refractivity (Wildman–Crippen MR) is 118 cm³/mol. The van der Waals surface area contributed by atoms with E-state index >= 15 is 0 Å². The number of nitrogens with zero attached hydrogens (tertiary/aromatic N) is 2. The van der Waals surface area contributed by atoms with E-state index < -0.39 is 6.04 Å². The zero-order valence-electron chi connectivity index (χ0n) is 16.0. The molecule has 0 bridgehead atoms. The lowest BCUT2D eigenvalue weighted by atomic mass is 10.0. The average Bonchev–Trinajstić information content (AvgIpc) is 3.42. The van der Waals surface area contributed by atoms with Crippen LogP contribution < -0.4 is 5.32 Å². The van der Waals surface area contributed by atoms with Crippen molar-refractivity contribution in [3.05, 3.63) is 70.4 Å². The second kappa shape index (κ2) is 8.82. The number of hydrogen-bond donors (Lipinski definition) is 2. The van der Waals surface area contributed by atoms with E-state index in [4.69, 9.17) is 16.9 Å². The normalized spacial score (nSPS) is 14.5. The Morgan fingerprint density at radius 3 is 2.90 bits per heavy atom. The molecular weight excluding hydrogens is 420 g/mol. The molecule has 0 aliphatic carbocycles. The molecule has 0 saturated carbocycles. The van der Waals surface area contributed by atoms with E-state index in [1.54, 1.807) is 53.1 Å². The quantitative estimate of drug-likeness (QED) is 0.637. The summed E-state index contributed by atoms with van der Waals surface area (Å²) in [5.74, 6) is 1.03. The number of hydrogen-bond acceptors (Lipinski definition) is 4. The van der Waals surface area contributed by atoms with Gasteiger partial charge in [-0.15, -0.1) is 11.8 Å². The van der Waals surface area contributed by atoms with Gasteiger partial charge in [0.1, 0.15) is 11.7 Å². The second-order valence-corrected chi connectivity index (χ2v) is 8.61. The SMILES string of the molecule is N#Cc1cccc(CC(NC(=O)c2cc3cc(Cl)ccc3[nH]2)C(=O)N2CCSC2)c1. The fourth-order valence-corrected chi connectivity index (χ4v) is 4.61. The summed E-state index contributed by atoms with van der Waals surface area (Å²) < 4.78 is 0. The Hall–Kier alpha value is -2.95. The molecule has 0 spiro atoms. The average molecular weight is 439 g/mol. The van der Waals surface area contributed by atoms with Gasteiger partial charge in [0.05, 0.1) is 17.5 Å². The number of aromatic amines is 1. The number of carbonyl (C=O) groups is 2. The topological polar surface area (TPSA) is 89.0 Å². The van der Waals surface area contributed by atoms with Crippen molar-refractivity contribution < 1.29 is 9.59 Å². The highest BCUT2D eigenvalue weighted by molar-refractivity contribution is 7.99. The summed E-state index contributed by atoms with van der Waals surface area (Å²) in [5, 5.41) is 13.4. The van der Waals surface area contributed by atoms with E-state index in [2.05, 4.69) is 16.4 Å². The number of thioether (sulfide) groups is 1. The maximum atomic E-state index is 13.1. The second-order valence-electron chi connectivity index (χ2n) is 7.10. The Labute approximate surface area is 183 Å². The van der Waals surface area contributed by atoms with Gasteiger partial charge in [0.25, 0.3) is 5.91 Å². The van der Waals surface area contributed by atoms with Gasteiger partial charge in [-0.25, -0.2) is 0 Å². The lowest BCUT2D eigenvalue weighted by Gasteiger charge is -2.23. The lowest BCUT2D eigenvalue weighted by molar-refractivity contribution is -0.131. The largest absolute Gasteiger partial charge is 0.351 e. The first-order valence-electron chi connectivity index (χ1n) is 9.48. The molecule has 1 saturated heterocycles. The van der Waals surface area contributed by atoms with Gasteiger partial charge in [0.2, 0.25) is 5.91 Å². The Bertz CT molecular complexity index is 1150. The molecular formula is C22H19ClN4O2S. The van der Waals surface area contributed by atoms with Crippen LogP contribution in [0.1, 0.15) is 21.6 Å². The lowest BCUT2D eigenvalue weighted by Crippen LogP contribution is -2.49. The number of rotatable bonds is 5. The van der Waals surface area contributed by atoms with E-state index in [0.717, 1.165) is 22.2 Å². The zero-order chi connectivity index (χ0) is 21.1.